The van der Waals surface area contributed by atoms with Gasteiger partial charge in [0.05, 0.1) is 16.6 Å². The fourth-order valence-electron chi connectivity index (χ4n) is 3.62. The van der Waals surface area contributed by atoms with Crippen LogP contribution in [0.4, 0.5) is 10.5 Å². The van der Waals surface area contributed by atoms with Gasteiger partial charge in [-0.25, -0.2) is 13.2 Å². The van der Waals surface area contributed by atoms with Crippen LogP contribution in [0.2, 0.25) is 0 Å². The second-order valence-electron chi connectivity index (χ2n) is 6.80. The Kier molecular flexibility index (Phi) is 5.61. The van der Waals surface area contributed by atoms with Gasteiger partial charge in [-0.05, 0) is 36.5 Å². The number of para-hydroxylation sites is 1. The molecule has 0 bridgehead atoms. The van der Waals surface area contributed by atoms with Crippen molar-refractivity contribution in [3.63, 3.8) is 0 Å². The molecule has 0 saturated heterocycles. The summed E-state index contributed by atoms with van der Waals surface area (Å²) in [5.74, 6) is 0.397. The van der Waals surface area contributed by atoms with Gasteiger partial charge in [-0.15, -0.1) is 0 Å². The molecule has 3 rings (SSSR count). The highest BCUT2D eigenvalue weighted by Gasteiger charge is 2.28. The Morgan fingerprint density at radius 1 is 1.00 bits per heavy atom. The van der Waals surface area contributed by atoms with E-state index in [1.807, 2.05) is 30.3 Å². The SMILES string of the molecule is CS(=O)(=O)c1ccccc1NC(=O)NC(c1ccccc1)C1CCCC1. The third-order valence-electron chi connectivity index (χ3n) is 4.85. The monoisotopic (exact) mass is 372 g/mol. The van der Waals surface area contributed by atoms with Crippen LogP contribution in [0.25, 0.3) is 0 Å². The molecule has 2 amide bonds. The minimum Gasteiger partial charge on any atom is -0.331 e. The molecular formula is C20H24N2O3S. The van der Waals surface area contributed by atoms with Crippen LogP contribution >= 0.6 is 0 Å². The molecule has 1 aliphatic rings. The standard InChI is InChI=1S/C20H24N2O3S/c1-26(24,25)18-14-8-7-13-17(18)21-20(23)22-19(16-11-5-6-12-16)15-9-3-2-4-10-15/h2-4,7-10,13-14,16,19H,5-6,11-12H2,1H3,(H2,21,22,23). The Balaban J connectivity index is 1.79. The fourth-order valence-corrected chi connectivity index (χ4v) is 4.46. The van der Waals surface area contributed by atoms with Gasteiger partial charge in [0, 0.05) is 6.26 Å². The number of amides is 2. The van der Waals surface area contributed by atoms with Gasteiger partial charge in [-0.2, -0.15) is 0 Å². The number of urea groups is 1. The lowest BCUT2D eigenvalue weighted by atomic mass is 9.92. The summed E-state index contributed by atoms with van der Waals surface area (Å²) in [4.78, 5) is 12.7. The summed E-state index contributed by atoms with van der Waals surface area (Å²) in [6.45, 7) is 0. The first-order valence-electron chi connectivity index (χ1n) is 8.87. The second kappa shape index (κ2) is 7.91. The van der Waals surface area contributed by atoms with E-state index in [4.69, 9.17) is 0 Å². The van der Waals surface area contributed by atoms with Crippen LogP contribution in [-0.4, -0.2) is 20.7 Å². The van der Waals surface area contributed by atoms with E-state index >= 15 is 0 Å². The molecule has 0 heterocycles. The molecule has 2 aromatic rings. The highest BCUT2D eigenvalue weighted by Crippen LogP contribution is 2.35. The van der Waals surface area contributed by atoms with Gasteiger partial charge in [0.1, 0.15) is 0 Å². The van der Waals surface area contributed by atoms with E-state index in [1.165, 1.54) is 18.9 Å². The Morgan fingerprint density at radius 2 is 1.62 bits per heavy atom. The molecule has 0 aliphatic heterocycles. The van der Waals surface area contributed by atoms with Crippen molar-refractivity contribution in [2.24, 2.45) is 5.92 Å². The van der Waals surface area contributed by atoms with Crippen LogP contribution in [0.5, 0.6) is 0 Å². The number of rotatable bonds is 5. The normalized spacial score (nSPS) is 16.2. The van der Waals surface area contributed by atoms with E-state index in [0.717, 1.165) is 24.7 Å². The quantitative estimate of drug-likeness (QED) is 0.828. The van der Waals surface area contributed by atoms with Crippen molar-refractivity contribution in [2.45, 2.75) is 36.6 Å². The number of nitrogens with one attached hydrogen (secondary N) is 2. The van der Waals surface area contributed by atoms with Crippen molar-refractivity contribution in [1.29, 1.82) is 0 Å². The van der Waals surface area contributed by atoms with Crippen LogP contribution in [0.3, 0.4) is 0 Å². The Labute approximate surface area is 154 Å². The molecule has 1 saturated carbocycles. The summed E-state index contributed by atoms with van der Waals surface area (Å²) in [6, 6.07) is 15.9. The molecule has 26 heavy (non-hydrogen) atoms. The van der Waals surface area contributed by atoms with Crippen LogP contribution in [0.15, 0.2) is 59.5 Å². The van der Waals surface area contributed by atoms with Gasteiger partial charge in [0.15, 0.2) is 9.84 Å². The zero-order valence-corrected chi connectivity index (χ0v) is 15.6. The van der Waals surface area contributed by atoms with Crippen molar-refractivity contribution in [3.05, 3.63) is 60.2 Å². The Morgan fingerprint density at radius 3 is 2.27 bits per heavy atom. The molecule has 6 heteroatoms. The number of carbonyl (C=O) groups excluding carboxylic acids is 1. The summed E-state index contributed by atoms with van der Waals surface area (Å²) >= 11 is 0. The molecule has 0 spiro atoms. The molecule has 2 N–H and O–H groups in total. The zero-order valence-electron chi connectivity index (χ0n) is 14.8. The molecular weight excluding hydrogens is 348 g/mol. The summed E-state index contributed by atoms with van der Waals surface area (Å²) in [6.07, 6.45) is 5.65. The molecule has 5 nitrogen and oxygen atoms in total. The third kappa shape index (κ3) is 4.43. The van der Waals surface area contributed by atoms with Crippen molar-refractivity contribution >= 4 is 21.6 Å². The number of carbonyl (C=O) groups is 1. The van der Waals surface area contributed by atoms with E-state index in [1.54, 1.807) is 18.2 Å². The molecule has 2 aromatic carbocycles. The molecule has 1 fully saturated rings. The molecule has 1 atom stereocenters. The van der Waals surface area contributed by atoms with Crippen LogP contribution in [0.1, 0.15) is 37.3 Å². The fraction of sp³-hybridized carbons (Fsp3) is 0.350. The first-order chi connectivity index (χ1) is 12.4. The number of hydrogen-bond acceptors (Lipinski definition) is 3. The van der Waals surface area contributed by atoms with Crippen molar-refractivity contribution in [1.82, 2.24) is 5.32 Å². The lowest BCUT2D eigenvalue weighted by molar-refractivity contribution is 0.242. The molecule has 1 unspecified atom stereocenters. The third-order valence-corrected chi connectivity index (χ3v) is 6.01. The number of sulfone groups is 1. The van der Waals surface area contributed by atoms with Gasteiger partial charge >= 0.3 is 6.03 Å². The van der Waals surface area contributed by atoms with Crippen molar-refractivity contribution in [3.8, 4) is 0 Å². The Hall–Kier alpha value is -2.34. The molecule has 138 valence electrons. The van der Waals surface area contributed by atoms with Gasteiger partial charge in [0.2, 0.25) is 0 Å². The van der Waals surface area contributed by atoms with Gasteiger partial charge in [0.25, 0.3) is 0 Å². The zero-order chi connectivity index (χ0) is 18.6. The highest BCUT2D eigenvalue weighted by molar-refractivity contribution is 7.90. The molecule has 1 aliphatic carbocycles. The minimum absolute atomic E-state index is 0.0795. The second-order valence-corrected chi connectivity index (χ2v) is 8.78. The first-order valence-corrected chi connectivity index (χ1v) is 10.8. The van der Waals surface area contributed by atoms with Gasteiger partial charge < -0.3 is 10.6 Å². The van der Waals surface area contributed by atoms with E-state index < -0.39 is 9.84 Å². The lowest BCUT2D eigenvalue weighted by Gasteiger charge is -2.25. The highest BCUT2D eigenvalue weighted by atomic mass is 32.2. The average molecular weight is 372 g/mol. The predicted molar refractivity (Wildman–Crippen MR) is 103 cm³/mol. The van der Waals surface area contributed by atoms with Gasteiger partial charge in [-0.3, -0.25) is 0 Å². The van der Waals surface area contributed by atoms with Crippen LogP contribution in [0, 0.1) is 5.92 Å². The van der Waals surface area contributed by atoms with Crippen molar-refractivity contribution < 1.29 is 13.2 Å². The largest absolute Gasteiger partial charge is 0.331 e. The van der Waals surface area contributed by atoms with E-state index in [2.05, 4.69) is 10.6 Å². The molecule has 0 radical (unpaired) electrons. The van der Waals surface area contributed by atoms with Gasteiger partial charge in [-0.1, -0.05) is 55.3 Å². The van der Waals surface area contributed by atoms with E-state index in [9.17, 15) is 13.2 Å². The van der Waals surface area contributed by atoms with E-state index in [0.29, 0.717) is 11.6 Å². The van der Waals surface area contributed by atoms with Crippen LogP contribution in [-0.2, 0) is 9.84 Å². The average Bonchev–Trinajstić information content (AvgIpc) is 3.14. The first kappa shape index (κ1) is 18.5. The van der Waals surface area contributed by atoms with E-state index in [-0.39, 0.29) is 17.0 Å². The maximum Gasteiger partial charge on any atom is 0.319 e. The lowest BCUT2D eigenvalue weighted by Crippen LogP contribution is -2.36. The number of anilines is 1. The minimum atomic E-state index is -3.42. The topological polar surface area (TPSA) is 75.3 Å². The summed E-state index contributed by atoms with van der Waals surface area (Å²) in [5, 5.41) is 5.77. The van der Waals surface area contributed by atoms with Crippen molar-refractivity contribution in [2.75, 3.05) is 11.6 Å². The maximum absolute atomic E-state index is 12.6. The predicted octanol–water partition coefficient (Wildman–Crippen LogP) is 4.14. The summed E-state index contributed by atoms with van der Waals surface area (Å²) in [5.41, 5.74) is 1.37. The smallest absolute Gasteiger partial charge is 0.319 e. The molecule has 0 aromatic heterocycles. The summed E-state index contributed by atoms with van der Waals surface area (Å²) in [7, 11) is -3.42. The maximum atomic E-state index is 12.6. The summed E-state index contributed by atoms with van der Waals surface area (Å²) < 4.78 is 23.8. The number of benzene rings is 2. The Bertz CT molecular complexity index is 860. The van der Waals surface area contributed by atoms with Crippen LogP contribution < -0.4 is 10.6 Å². The number of hydrogen-bond donors (Lipinski definition) is 2.